The topological polar surface area (TPSA) is 64.5 Å². The molecule has 0 saturated carbocycles. The molecule has 1 unspecified atom stereocenters. The SMILES string of the molecule is COc1ccc(C(O)c2cc(C)ccc2OC)nn1. The van der Waals surface area contributed by atoms with Crippen LogP contribution in [0.2, 0.25) is 0 Å². The molecule has 0 aliphatic rings. The highest BCUT2D eigenvalue weighted by molar-refractivity contribution is 5.41. The molecule has 0 aliphatic carbocycles. The van der Waals surface area contributed by atoms with Gasteiger partial charge in [0.25, 0.3) is 0 Å². The van der Waals surface area contributed by atoms with E-state index in [2.05, 4.69) is 10.2 Å². The molecule has 0 bridgehead atoms. The summed E-state index contributed by atoms with van der Waals surface area (Å²) in [6.07, 6.45) is -0.881. The second-order valence-corrected chi connectivity index (χ2v) is 4.15. The summed E-state index contributed by atoms with van der Waals surface area (Å²) in [5, 5.41) is 18.2. The van der Waals surface area contributed by atoms with E-state index in [1.165, 1.54) is 7.11 Å². The van der Waals surface area contributed by atoms with Crippen molar-refractivity contribution in [3.8, 4) is 11.6 Å². The molecule has 5 heteroatoms. The molecular formula is C14H16N2O3. The van der Waals surface area contributed by atoms with Crippen LogP contribution in [0, 0.1) is 6.92 Å². The first-order valence-corrected chi connectivity index (χ1v) is 5.86. The molecule has 2 rings (SSSR count). The number of ether oxygens (including phenoxy) is 2. The Morgan fingerprint density at radius 3 is 2.42 bits per heavy atom. The Balaban J connectivity index is 2.36. The first kappa shape index (κ1) is 13.3. The molecule has 0 radical (unpaired) electrons. The third-order valence-corrected chi connectivity index (χ3v) is 2.83. The maximum atomic E-state index is 10.4. The third kappa shape index (κ3) is 2.82. The molecule has 0 aliphatic heterocycles. The molecule has 0 fully saturated rings. The summed E-state index contributed by atoms with van der Waals surface area (Å²) >= 11 is 0. The van der Waals surface area contributed by atoms with Crippen LogP contribution in [0.1, 0.15) is 22.9 Å². The van der Waals surface area contributed by atoms with E-state index < -0.39 is 6.10 Å². The molecule has 1 N–H and O–H groups in total. The Morgan fingerprint density at radius 2 is 1.84 bits per heavy atom. The van der Waals surface area contributed by atoms with Gasteiger partial charge in [0.2, 0.25) is 5.88 Å². The Bertz CT molecular complexity index is 555. The first-order chi connectivity index (χ1) is 9.15. The van der Waals surface area contributed by atoms with Crippen molar-refractivity contribution in [2.24, 2.45) is 0 Å². The minimum atomic E-state index is -0.881. The predicted molar refractivity (Wildman–Crippen MR) is 70.4 cm³/mol. The van der Waals surface area contributed by atoms with Crippen molar-refractivity contribution < 1.29 is 14.6 Å². The minimum Gasteiger partial charge on any atom is -0.496 e. The van der Waals surface area contributed by atoms with Crippen LogP contribution in [0.5, 0.6) is 11.6 Å². The monoisotopic (exact) mass is 260 g/mol. The standard InChI is InChI=1S/C14H16N2O3/c1-9-4-6-12(18-2)10(8-9)14(17)11-5-7-13(19-3)16-15-11/h4-8,14,17H,1-3H3. The van der Waals surface area contributed by atoms with Crippen molar-refractivity contribution in [3.05, 3.63) is 47.2 Å². The number of nitrogens with zero attached hydrogens (tertiary/aromatic N) is 2. The van der Waals surface area contributed by atoms with Gasteiger partial charge in [-0.1, -0.05) is 11.6 Å². The van der Waals surface area contributed by atoms with E-state index in [9.17, 15) is 5.11 Å². The summed E-state index contributed by atoms with van der Waals surface area (Å²) in [7, 11) is 3.09. The fourth-order valence-corrected chi connectivity index (χ4v) is 1.81. The summed E-state index contributed by atoms with van der Waals surface area (Å²) in [4.78, 5) is 0. The van der Waals surface area contributed by atoms with Gasteiger partial charge in [0.05, 0.1) is 19.9 Å². The molecule has 1 atom stereocenters. The summed E-state index contributed by atoms with van der Waals surface area (Å²) in [6, 6.07) is 8.96. The van der Waals surface area contributed by atoms with Crippen LogP contribution in [0.3, 0.4) is 0 Å². The van der Waals surface area contributed by atoms with E-state index in [1.54, 1.807) is 19.2 Å². The van der Waals surface area contributed by atoms with Crippen LogP contribution in [0.4, 0.5) is 0 Å². The van der Waals surface area contributed by atoms with Gasteiger partial charge in [0.1, 0.15) is 11.9 Å². The van der Waals surface area contributed by atoms with Gasteiger partial charge in [0, 0.05) is 11.6 Å². The van der Waals surface area contributed by atoms with Crippen LogP contribution >= 0.6 is 0 Å². The van der Waals surface area contributed by atoms with E-state index in [1.807, 2.05) is 25.1 Å². The fraction of sp³-hybridized carbons (Fsp3) is 0.286. The van der Waals surface area contributed by atoms with Crippen molar-refractivity contribution in [1.82, 2.24) is 10.2 Å². The average Bonchev–Trinajstić information content (AvgIpc) is 2.46. The molecule has 19 heavy (non-hydrogen) atoms. The maximum absolute atomic E-state index is 10.4. The van der Waals surface area contributed by atoms with Gasteiger partial charge in [0.15, 0.2) is 0 Å². The van der Waals surface area contributed by atoms with Gasteiger partial charge in [-0.05, 0) is 25.1 Å². The highest BCUT2D eigenvalue weighted by atomic mass is 16.5. The van der Waals surface area contributed by atoms with E-state index >= 15 is 0 Å². The number of methoxy groups -OCH3 is 2. The number of hydrogen-bond donors (Lipinski definition) is 1. The molecule has 0 spiro atoms. The molecule has 1 aromatic heterocycles. The molecule has 5 nitrogen and oxygen atoms in total. The molecule has 2 aromatic rings. The number of rotatable bonds is 4. The lowest BCUT2D eigenvalue weighted by Gasteiger charge is -2.14. The number of benzene rings is 1. The molecule has 1 heterocycles. The number of aryl methyl sites for hydroxylation is 1. The van der Waals surface area contributed by atoms with Crippen LogP contribution in [-0.2, 0) is 0 Å². The lowest BCUT2D eigenvalue weighted by molar-refractivity contribution is 0.208. The number of hydrogen-bond acceptors (Lipinski definition) is 5. The zero-order valence-corrected chi connectivity index (χ0v) is 11.1. The first-order valence-electron chi connectivity index (χ1n) is 5.86. The highest BCUT2D eigenvalue weighted by Gasteiger charge is 2.17. The van der Waals surface area contributed by atoms with Crippen molar-refractivity contribution in [2.75, 3.05) is 14.2 Å². The van der Waals surface area contributed by atoms with Crippen LogP contribution in [-0.4, -0.2) is 29.5 Å². The van der Waals surface area contributed by atoms with Crippen LogP contribution in [0.25, 0.3) is 0 Å². The average molecular weight is 260 g/mol. The van der Waals surface area contributed by atoms with Gasteiger partial charge in [-0.15, -0.1) is 10.2 Å². The Morgan fingerprint density at radius 1 is 1.05 bits per heavy atom. The smallest absolute Gasteiger partial charge is 0.233 e. The van der Waals surface area contributed by atoms with Gasteiger partial charge in [-0.2, -0.15) is 0 Å². The zero-order chi connectivity index (χ0) is 13.8. The summed E-state index contributed by atoms with van der Waals surface area (Å²) in [5.41, 5.74) is 2.16. The third-order valence-electron chi connectivity index (χ3n) is 2.83. The minimum absolute atomic E-state index is 0.409. The van der Waals surface area contributed by atoms with Crippen molar-refractivity contribution >= 4 is 0 Å². The maximum Gasteiger partial charge on any atom is 0.233 e. The second kappa shape index (κ2) is 5.67. The Hall–Kier alpha value is -2.14. The Labute approximate surface area is 111 Å². The predicted octanol–water partition coefficient (Wildman–Crippen LogP) is 1.88. The van der Waals surface area contributed by atoms with Crippen molar-refractivity contribution in [1.29, 1.82) is 0 Å². The van der Waals surface area contributed by atoms with Crippen LogP contribution < -0.4 is 9.47 Å². The van der Waals surface area contributed by atoms with Gasteiger partial charge in [-0.25, -0.2) is 0 Å². The lowest BCUT2D eigenvalue weighted by Crippen LogP contribution is -2.06. The molecule has 100 valence electrons. The summed E-state index contributed by atoms with van der Waals surface area (Å²) < 4.78 is 10.2. The molecular weight excluding hydrogens is 244 g/mol. The number of aliphatic hydroxyl groups is 1. The highest BCUT2D eigenvalue weighted by Crippen LogP contribution is 2.29. The van der Waals surface area contributed by atoms with Gasteiger partial charge in [-0.3, -0.25) is 0 Å². The molecule has 1 aromatic carbocycles. The van der Waals surface area contributed by atoms with Crippen LogP contribution in [0.15, 0.2) is 30.3 Å². The largest absolute Gasteiger partial charge is 0.496 e. The normalized spacial score (nSPS) is 12.0. The summed E-state index contributed by atoms with van der Waals surface area (Å²) in [6.45, 7) is 1.95. The quantitative estimate of drug-likeness (QED) is 0.909. The molecule has 0 saturated heterocycles. The van der Waals surface area contributed by atoms with E-state index in [0.29, 0.717) is 22.9 Å². The lowest BCUT2D eigenvalue weighted by atomic mass is 10.0. The van der Waals surface area contributed by atoms with Gasteiger partial charge >= 0.3 is 0 Å². The Kier molecular flexibility index (Phi) is 3.97. The van der Waals surface area contributed by atoms with Crippen molar-refractivity contribution in [3.63, 3.8) is 0 Å². The molecule has 0 amide bonds. The van der Waals surface area contributed by atoms with Crippen molar-refractivity contribution in [2.45, 2.75) is 13.0 Å². The summed E-state index contributed by atoms with van der Waals surface area (Å²) in [5.74, 6) is 1.03. The van der Waals surface area contributed by atoms with E-state index in [0.717, 1.165) is 5.56 Å². The zero-order valence-electron chi connectivity index (χ0n) is 11.1. The fourth-order valence-electron chi connectivity index (χ4n) is 1.81. The van der Waals surface area contributed by atoms with E-state index in [-0.39, 0.29) is 0 Å². The second-order valence-electron chi connectivity index (χ2n) is 4.15. The van der Waals surface area contributed by atoms with E-state index in [4.69, 9.17) is 9.47 Å². The number of aromatic nitrogens is 2. The van der Waals surface area contributed by atoms with Gasteiger partial charge < -0.3 is 14.6 Å². The number of aliphatic hydroxyl groups excluding tert-OH is 1.